The van der Waals surface area contributed by atoms with Crippen molar-refractivity contribution in [2.75, 3.05) is 19.7 Å². The summed E-state index contributed by atoms with van der Waals surface area (Å²) in [6.07, 6.45) is 1.94. The largest absolute Gasteiger partial charge is 0.488 e. The molecule has 1 saturated heterocycles. The molecule has 0 aliphatic carbocycles. The zero-order valence-corrected chi connectivity index (χ0v) is 14.3. The van der Waals surface area contributed by atoms with Crippen LogP contribution in [0.15, 0.2) is 24.3 Å². The van der Waals surface area contributed by atoms with Crippen molar-refractivity contribution in [2.45, 2.75) is 45.8 Å². The van der Waals surface area contributed by atoms with Crippen LogP contribution in [0.2, 0.25) is 0 Å². The predicted octanol–water partition coefficient (Wildman–Crippen LogP) is 2.78. The van der Waals surface area contributed by atoms with Crippen LogP contribution in [0.1, 0.15) is 39.2 Å². The number of likely N-dealkylation sites (tertiary alicyclic amines) is 1. The summed E-state index contributed by atoms with van der Waals surface area (Å²) in [5.74, 6) is 0.998. The van der Waals surface area contributed by atoms with E-state index in [1.807, 2.05) is 45.0 Å². The smallest absolute Gasteiger partial charge is 0.317 e. The van der Waals surface area contributed by atoms with Crippen molar-refractivity contribution >= 4 is 6.03 Å². The van der Waals surface area contributed by atoms with Gasteiger partial charge in [0, 0.05) is 31.8 Å². The number of nitrogens with one attached hydrogen (secondary N) is 1. The highest BCUT2D eigenvalue weighted by atomic mass is 16.5. The third kappa shape index (κ3) is 5.43. The molecule has 5 nitrogen and oxygen atoms in total. The number of carbonyl (C=O) groups excluding carboxylic acids is 1. The normalized spacial score (nSPS) is 18.6. The lowest BCUT2D eigenvalue weighted by atomic mass is 9.99. The first kappa shape index (κ1) is 17.6. The van der Waals surface area contributed by atoms with Crippen LogP contribution in [0, 0.1) is 5.92 Å². The van der Waals surface area contributed by atoms with Gasteiger partial charge >= 0.3 is 6.03 Å². The Morgan fingerprint density at radius 1 is 1.39 bits per heavy atom. The number of para-hydroxylation sites is 1. The molecular weight excluding hydrogens is 292 g/mol. The number of nitrogens with zero attached hydrogens (tertiary/aromatic N) is 1. The quantitative estimate of drug-likeness (QED) is 0.897. The Balaban J connectivity index is 1.94. The van der Waals surface area contributed by atoms with Gasteiger partial charge in [-0.3, -0.25) is 0 Å². The molecule has 1 heterocycles. The molecule has 1 aliphatic heterocycles. The Labute approximate surface area is 138 Å². The minimum atomic E-state index is -0.276. The molecule has 1 aromatic carbocycles. The van der Waals surface area contributed by atoms with E-state index in [-0.39, 0.29) is 24.2 Å². The third-order valence-corrected chi connectivity index (χ3v) is 3.88. The molecule has 0 saturated carbocycles. The molecule has 0 aromatic heterocycles. The van der Waals surface area contributed by atoms with Gasteiger partial charge in [0.15, 0.2) is 0 Å². The lowest BCUT2D eigenvalue weighted by molar-refractivity contribution is 0.127. The molecular formula is C18H28N2O3. The maximum Gasteiger partial charge on any atom is 0.317 e. The van der Waals surface area contributed by atoms with E-state index in [2.05, 4.69) is 5.32 Å². The predicted molar refractivity (Wildman–Crippen MR) is 90.4 cm³/mol. The maximum absolute atomic E-state index is 12.3. The molecule has 0 spiro atoms. The number of piperidine rings is 1. The van der Waals surface area contributed by atoms with Crippen LogP contribution in [0.3, 0.4) is 0 Å². The molecule has 5 heteroatoms. The van der Waals surface area contributed by atoms with Gasteiger partial charge in [-0.15, -0.1) is 0 Å². The fourth-order valence-electron chi connectivity index (χ4n) is 2.76. The van der Waals surface area contributed by atoms with E-state index in [1.54, 1.807) is 4.90 Å². The topological polar surface area (TPSA) is 61.8 Å². The number of urea groups is 1. The van der Waals surface area contributed by atoms with Crippen molar-refractivity contribution in [3.05, 3.63) is 29.8 Å². The number of hydrogen-bond donors (Lipinski definition) is 2. The zero-order valence-electron chi connectivity index (χ0n) is 14.3. The summed E-state index contributed by atoms with van der Waals surface area (Å²) >= 11 is 0. The van der Waals surface area contributed by atoms with E-state index in [0.717, 1.165) is 30.7 Å². The zero-order chi connectivity index (χ0) is 16.9. The van der Waals surface area contributed by atoms with Crippen LogP contribution in [-0.4, -0.2) is 41.3 Å². The molecule has 23 heavy (non-hydrogen) atoms. The second-order valence-corrected chi connectivity index (χ2v) is 7.12. The van der Waals surface area contributed by atoms with Gasteiger partial charge in [-0.1, -0.05) is 18.2 Å². The highest BCUT2D eigenvalue weighted by molar-refractivity contribution is 5.74. The number of rotatable bonds is 4. The Morgan fingerprint density at radius 2 is 2.13 bits per heavy atom. The molecule has 1 fully saturated rings. The minimum Gasteiger partial charge on any atom is -0.488 e. The van der Waals surface area contributed by atoms with E-state index < -0.39 is 0 Å². The highest BCUT2D eigenvalue weighted by Crippen LogP contribution is 2.23. The number of aliphatic hydroxyl groups excluding tert-OH is 1. The van der Waals surface area contributed by atoms with Crippen molar-refractivity contribution in [1.29, 1.82) is 0 Å². The average molecular weight is 320 g/mol. The Kier molecular flexibility index (Phi) is 5.88. The SMILES string of the molecule is CC(C)(C)Oc1ccccc1CNC(=O)N1CCCC(CO)C1. The van der Waals surface area contributed by atoms with Crippen molar-refractivity contribution in [2.24, 2.45) is 5.92 Å². The number of ether oxygens (including phenoxy) is 1. The molecule has 1 atom stereocenters. The molecule has 2 rings (SSSR count). The van der Waals surface area contributed by atoms with Gasteiger partial charge in [0.2, 0.25) is 0 Å². The summed E-state index contributed by atoms with van der Waals surface area (Å²) in [5.41, 5.74) is 0.688. The van der Waals surface area contributed by atoms with Gasteiger partial charge in [0.1, 0.15) is 11.4 Å². The van der Waals surface area contributed by atoms with Crippen LogP contribution in [0.4, 0.5) is 4.79 Å². The molecule has 2 amide bonds. The number of benzene rings is 1. The fraction of sp³-hybridized carbons (Fsp3) is 0.611. The number of carbonyl (C=O) groups is 1. The second-order valence-electron chi connectivity index (χ2n) is 7.12. The van der Waals surface area contributed by atoms with Crippen molar-refractivity contribution in [1.82, 2.24) is 10.2 Å². The van der Waals surface area contributed by atoms with Crippen molar-refractivity contribution in [3.8, 4) is 5.75 Å². The minimum absolute atomic E-state index is 0.0753. The number of hydrogen-bond acceptors (Lipinski definition) is 3. The van der Waals surface area contributed by atoms with Crippen molar-refractivity contribution in [3.63, 3.8) is 0 Å². The van der Waals surface area contributed by atoms with E-state index in [0.29, 0.717) is 13.1 Å². The summed E-state index contributed by atoms with van der Waals surface area (Å²) in [6.45, 7) is 7.98. The van der Waals surface area contributed by atoms with E-state index in [9.17, 15) is 9.90 Å². The summed E-state index contributed by atoms with van der Waals surface area (Å²) in [6, 6.07) is 7.69. The lowest BCUT2D eigenvalue weighted by Crippen LogP contribution is -2.46. The van der Waals surface area contributed by atoms with Crippen LogP contribution in [-0.2, 0) is 6.54 Å². The van der Waals surface area contributed by atoms with Crippen molar-refractivity contribution < 1.29 is 14.6 Å². The lowest BCUT2D eigenvalue weighted by Gasteiger charge is -2.32. The van der Waals surface area contributed by atoms with Crippen LogP contribution < -0.4 is 10.1 Å². The molecule has 1 aliphatic rings. The maximum atomic E-state index is 12.3. The standard InChI is InChI=1S/C18H28N2O3/c1-18(2,3)23-16-9-5-4-8-15(16)11-19-17(22)20-10-6-7-14(12-20)13-21/h4-5,8-9,14,21H,6-7,10-13H2,1-3H3,(H,19,22). The Morgan fingerprint density at radius 3 is 2.83 bits per heavy atom. The van der Waals surface area contributed by atoms with Gasteiger partial charge < -0.3 is 20.1 Å². The van der Waals surface area contributed by atoms with E-state index in [4.69, 9.17) is 4.74 Å². The Hall–Kier alpha value is -1.75. The van der Waals surface area contributed by atoms with Crippen LogP contribution in [0.25, 0.3) is 0 Å². The molecule has 1 unspecified atom stereocenters. The number of amides is 2. The van der Waals surface area contributed by atoms with Gasteiger partial charge in [0.05, 0.1) is 0 Å². The van der Waals surface area contributed by atoms with Gasteiger partial charge in [-0.05, 0) is 45.6 Å². The first-order valence-corrected chi connectivity index (χ1v) is 8.29. The van der Waals surface area contributed by atoms with Crippen LogP contribution in [0.5, 0.6) is 5.75 Å². The summed E-state index contributed by atoms with van der Waals surface area (Å²) in [7, 11) is 0. The fourth-order valence-corrected chi connectivity index (χ4v) is 2.76. The summed E-state index contributed by atoms with van der Waals surface area (Å²) in [4.78, 5) is 14.1. The van der Waals surface area contributed by atoms with E-state index in [1.165, 1.54) is 0 Å². The first-order chi connectivity index (χ1) is 10.9. The Bertz CT molecular complexity index is 525. The van der Waals surface area contributed by atoms with Gasteiger partial charge in [-0.25, -0.2) is 4.79 Å². The van der Waals surface area contributed by atoms with E-state index >= 15 is 0 Å². The summed E-state index contributed by atoms with van der Waals surface area (Å²) in [5, 5.41) is 12.2. The van der Waals surface area contributed by atoms with Crippen LogP contribution >= 0.6 is 0 Å². The molecule has 0 radical (unpaired) electrons. The third-order valence-electron chi connectivity index (χ3n) is 3.88. The first-order valence-electron chi connectivity index (χ1n) is 8.29. The molecule has 0 bridgehead atoms. The second kappa shape index (κ2) is 7.68. The molecule has 2 N–H and O–H groups in total. The molecule has 1 aromatic rings. The molecule has 128 valence electrons. The number of aliphatic hydroxyl groups is 1. The monoisotopic (exact) mass is 320 g/mol. The average Bonchev–Trinajstić information content (AvgIpc) is 2.52. The highest BCUT2D eigenvalue weighted by Gasteiger charge is 2.23. The van der Waals surface area contributed by atoms with Gasteiger partial charge in [0.25, 0.3) is 0 Å². The van der Waals surface area contributed by atoms with Gasteiger partial charge in [-0.2, -0.15) is 0 Å². The summed E-state index contributed by atoms with van der Waals surface area (Å²) < 4.78 is 5.95.